The van der Waals surface area contributed by atoms with Crippen LogP contribution >= 0.6 is 0 Å². The highest BCUT2D eigenvalue weighted by Gasteiger charge is 2.19. The van der Waals surface area contributed by atoms with E-state index in [1.54, 1.807) is 6.20 Å². The first-order valence-corrected chi connectivity index (χ1v) is 8.08. The second-order valence-electron chi connectivity index (χ2n) is 5.87. The van der Waals surface area contributed by atoms with Gasteiger partial charge in [0.05, 0.1) is 24.4 Å². The number of carbonyl (C=O) groups is 2. The van der Waals surface area contributed by atoms with E-state index in [0.29, 0.717) is 24.4 Å². The lowest BCUT2D eigenvalue weighted by molar-refractivity contribution is -0.118. The second kappa shape index (κ2) is 7.89. The number of halogens is 1. The number of nitrogens with one attached hydrogen (secondary N) is 2. The molecule has 0 bridgehead atoms. The molecular formula is C17H19FN4O3. The first kappa shape index (κ1) is 17.1. The summed E-state index contributed by atoms with van der Waals surface area (Å²) < 4.78 is 19.7. The van der Waals surface area contributed by atoms with Crippen molar-refractivity contribution in [2.45, 2.75) is 31.9 Å². The quantitative estimate of drug-likeness (QED) is 0.839. The summed E-state index contributed by atoms with van der Waals surface area (Å²) in [6.07, 6.45) is 5.25. The Morgan fingerprint density at radius 2 is 1.96 bits per heavy atom. The van der Waals surface area contributed by atoms with Crippen molar-refractivity contribution in [3.8, 4) is 0 Å². The van der Waals surface area contributed by atoms with Gasteiger partial charge in [-0.05, 0) is 37.1 Å². The summed E-state index contributed by atoms with van der Waals surface area (Å²) in [6.45, 7) is 0.692. The van der Waals surface area contributed by atoms with Gasteiger partial charge in [0.1, 0.15) is 12.4 Å². The summed E-state index contributed by atoms with van der Waals surface area (Å²) in [5, 5.41) is 9.43. The van der Waals surface area contributed by atoms with Gasteiger partial charge < -0.3 is 15.4 Å². The third kappa shape index (κ3) is 5.12. The van der Waals surface area contributed by atoms with Crippen molar-refractivity contribution in [3.63, 3.8) is 0 Å². The highest BCUT2D eigenvalue weighted by atomic mass is 19.1. The van der Waals surface area contributed by atoms with Gasteiger partial charge in [-0.3, -0.25) is 14.3 Å². The standard InChI is InChI=1S/C17H19FN4O3/c18-12-3-5-13(6-4-12)20-17(24)11-22-10-14(9-19-22)21-16(23)8-15-2-1-7-25-15/h3-6,9-10,15H,1-2,7-8,11H2,(H,20,24)(H,21,23). The van der Waals surface area contributed by atoms with Crippen LogP contribution in [0.5, 0.6) is 0 Å². The molecule has 0 spiro atoms. The zero-order valence-corrected chi connectivity index (χ0v) is 13.6. The first-order chi connectivity index (χ1) is 12.1. The SMILES string of the molecule is O=C(CC1CCCO1)Nc1cnn(CC(=O)Nc2ccc(F)cc2)c1. The number of nitrogens with zero attached hydrogens (tertiary/aromatic N) is 2. The molecule has 2 heterocycles. The number of aromatic nitrogens is 2. The number of benzene rings is 1. The minimum Gasteiger partial charge on any atom is -0.378 e. The molecule has 1 unspecified atom stereocenters. The van der Waals surface area contributed by atoms with Crippen LogP contribution in [0.4, 0.5) is 15.8 Å². The Bertz CT molecular complexity index is 739. The fraction of sp³-hybridized carbons (Fsp3) is 0.353. The van der Waals surface area contributed by atoms with E-state index in [1.165, 1.54) is 35.1 Å². The van der Waals surface area contributed by atoms with E-state index in [9.17, 15) is 14.0 Å². The van der Waals surface area contributed by atoms with E-state index in [4.69, 9.17) is 4.74 Å². The van der Waals surface area contributed by atoms with Gasteiger partial charge >= 0.3 is 0 Å². The summed E-state index contributed by atoms with van der Waals surface area (Å²) in [4.78, 5) is 23.9. The van der Waals surface area contributed by atoms with Crippen molar-refractivity contribution < 1.29 is 18.7 Å². The van der Waals surface area contributed by atoms with E-state index in [1.807, 2.05) is 0 Å². The van der Waals surface area contributed by atoms with Crippen LogP contribution in [0.2, 0.25) is 0 Å². The van der Waals surface area contributed by atoms with Gasteiger partial charge in [-0.25, -0.2) is 4.39 Å². The van der Waals surface area contributed by atoms with Crippen molar-refractivity contribution in [1.82, 2.24) is 9.78 Å². The molecule has 1 fully saturated rings. The minimum absolute atomic E-state index is 0.0149. The smallest absolute Gasteiger partial charge is 0.246 e. The Hall–Kier alpha value is -2.74. The average molecular weight is 346 g/mol. The van der Waals surface area contributed by atoms with Gasteiger partial charge in [0.2, 0.25) is 11.8 Å². The van der Waals surface area contributed by atoms with Crippen molar-refractivity contribution >= 4 is 23.2 Å². The Kier molecular flexibility index (Phi) is 5.39. The lowest BCUT2D eigenvalue weighted by Crippen LogP contribution is -2.19. The third-order valence-corrected chi connectivity index (χ3v) is 3.79. The van der Waals surface area contributed by atoms with E-state index < -0.39 is 0 Å². The number of ether oxygens (including phenoxy) is 1. The average Bonchev–Trinajstić information content (AvgIpc) is 3.22. The Labute approximate surface area is 144 Å². The number of amides is 2. The van der Waals surface area contributed by atoms with E-state index in [0.717, 1.165) is 12.8 Å². The minimum atomic E-state index is -0.367. The van der Waals surface area contributed by atoms with Crippen LogP contribution in [0.15, 0.2) is 36.7 Å². The Morgan fingerprint density at radius 3 is 2.68 bits per heavy atom. The molecule has 3 rings (SSSR count). The van der Waals surface area contributed by atoms with Crippen LogP contribution in [0.3, 0.4) is 0 Å². The predicted octanol–water partition coefficient (Wildman–Crippen LogP) is 2.17. The van der Waals surface area contributed by atoms with Gasteiger partial charge in [0, 0.05) is 18.5 Å². The van der Waals surface area contributed by atoms with E-state index in [-0.39, 0.29) is 30.3 Å². The van der Waals surface area contributed by atoms with Gasteiger partial charge in [0.15, 0.2) is 0 Å². The van der Waals surface area contributed by atoms with Crippen LogP contribution in [-0.4, -0.2) is 34.3 Å². The molecule has 0 saturated carbocycles. The lowest BCUT2D eigenvalue weighted by Gasteiger charge is -2.08. The second-order valence-corrected chi connectivity index (χ2v) is 5.87. The van der Waals surface area contributed by atoms with Crippen LogP contribution in [0.1, 0.15) is 19.3 Å². The maximum absolute atomic E-state index is 12.8. The molecular weight excluding hydrogens is 327 g/mol. The largest absolute Gasteiger partial charge is 0.378 e. The molecule has 1 aliphatic rings. The first-order valence-electron chi connectivity index (χ1n) is 8.08. The van der Waals surface area contributed by atoms with Gasteiger partial charge in [-0.2, -0.15) is 5.10 Å². The highest BCUT2D eigenvalue weighted by molar-refractivity contribution is 5.91. The van der Waals surface area contributed by atoms with Crippen molar-refractivity contribution in [1.29, 1.82) is 0 Å². The number of rotatable bonds is 6. The molecule has 0 radical (unpaired) electrons. The van der Waals surface area contributed by atoms with E-state index in [2.05, 4.69) is 15.7 Å². The number of anilines is 2. The summed E-state index contributed by atoms with van der Waals surface area (Å²) in [5.74, 6) is -0.803. The van der Waals surface area contributed by atoms with E-state index >= 15 is 0 Å². The van der Waals surface area contributed by atoms with Gasteiger partial charge in [0.25, 0.3) is 0 Å². The van der Waals surface area contributed by atoms with Crippen molar-refractivity contribution in [3.05, 3.63) is 42.5 Å². The summed E-state index contributed by atoms with van der Waals surface area (Å²) in [6, 6.07) is 5.50. The van der Waals surface area contributed by atoms with Crippen molar-refractivity contribution in [2.75, 3.05) is 17.2 Å². The van der Waals surface area contributed by atoms with Crippen molar-refractivity contribution in [2.24, 2.45) is 0 Å². The number of hydrogen-bond donors (Lipinski definition) is 2. The topological polar surface area (TPSA) is 85.2 Å². The Morgan fingerprint density at radius 1 is 1.20 bits per heavy atom. The number of carbonyl (C=O) groups excluding carboxylic acids is 2. The third-order valence-electron chi connectivity index (χ3n) is 3.79. The molecule has 0 aliphatic carbocycles. The zero-order chi connectivity index (χ0) is 17.6. The van der Waals surface area contributed by atoms with Gasteiger partial charge in [-0.1, -0.05) is 0 Å². The molecule has 25 heavy (non-hydrogen) atoms. The normalized spacial score (nSPS) is 16.6. The fourth-order valence-electron chi connectivity index (χ4n) is 2.62. The monoisotopic (exact) mass is 346 g/mol. The highest BCUT2D eigenvalue weighted by Crippen LogP contribution is 2.16. The summed E-state index contributed by atoms with van der Waals surface area (Å²) >= 11 is 0. The zero-order valence-electron chi connectivity index (χ0n) is 13.6. The summed E-state index contributed by atoms with van der Waals surface area (Å²) in [5.41, 5.74) is 1.03. The molecule has 1 aromatic carbocycles. The van der Waals surface area contributed by atoms with Crippen LogP contribution in [-0.2, 0) is 20.9 Å². The molecule has 2 N–H and O–H groups in total. The fourth-order valence-corrected chi connectivity index (χ4v) is 2.62. The van der Waals surface area contributed by atoms with Gasteiger partial charge in [-0.15, -0.1) is 0 Å². The molecule has 1 saturated heterocycles. The lowest BCUT2D eigenvalue weighted by atomic mass is 10.2. The molecule has 2 amide bonds. The van der Waals surface area contributed by atoms with Crippen LogP contribution in [0, 0.1) is 5.82 Å². The molecule has 2 aromatic rings. The molecule has 1 atom stereocenters. The molecule has 132 valence electrons. The molecule has 7 nitrogen and oxygen atoms in total. The number of hydrogen-bond acceptors (Lipinski definition) is 4. The molecule has 1 aromatic heterocycles. The van der Waals surface area contributed by atoms with Crippen LogP contribution in [0.25, 0.3) is 0 Å². The maximum Gasteiger partial charge on any atom is 0.246 e. The molecule has 8 heteroatoms. The molecule has 1 aliphatic heterocycles. The maximum atomic E-state index is 12.8. The Balaban J connectivity index is 1.48. The predicted molar refractivity (Wildman–Crippen MR) is 89.5 cm³/mol. The summed E-state index contributed by atoms with van der Waals surface area (Å²) in [7, 11) is 0. The van der Waals surface area contributed by atoms with Crippen LogP contribution < -0.4 is 10.6 Å².